The summed E-state index contributed by atoms with van der Waals surface area (Å²) in [6.07, 6.45) is 6.19. The van der Waals surface area contributed by atoms with E-state index in [4.69, 9.17) is 5.73 Å². The Morgan fingerprint density at radius 3 is 2.94 bits per heavy atom. The molecule has 0 aliphatic heterocycles. The van der Waals surface area contributed by atoms with Gasteiger partial charge in [-0.05, 0) is 43.4 Å². The molecule has 3 nitrogen and oxygen atoms in total. The minimum Gasteiger partial charge on any atom is -0.398 e. The summed E-state index contributed by atoms with van der Waals surface area (Å²) >= 11 is 0. The SMILES string of the molecule is Cc1cc(-c2cnn(CC3CC3)c2)c(F)cc1N. The van der Waals surface area contributed by atoms with Crippen molar-refractivity contribution in [1.29, 1.82) is 0 Å². The zero-order valence-electron chi connectivity index (χ0n) is 10.4. The normalized spacial score (nSPS) is 15.0. The molecule has 4 heteroatoms. The van der Waals surface area contributed by atoms with Crippen molar-refractivity contribution in [2.45, 2.75) is 26.3 Å². The van der Waals surface area contributed by atoms with Crippen molar-refractivity contribution >= 4 is 5.69 Å². The molecule has 94 valence electrons. The van der Waals surface area contributed by atoms with E-state index in [-0.39, 0.29) is 5.82 Å². The highest BCUT2D eigenvalue weighted by molar-refractivity contribution is 5.67. The Hall–Kier alpha value is -1.84. The molecule has 1 aromatic heterocycles. The van der Waals surface area contributed by atoms with Crippen LogP contribution in [0.2, 0.25) is 0 Å². The number of nitrogens with two attached hydrogens (primary N) is 1. The molecule has 1 fully saturated rings. The standard InChI is InChI=1S/C14H16FN3/c1-9-4-12(13(15)5-14(9)16)11-6-17-18(8-11)7-10-2-3-10/h4-6,8,10H,2-3,7,16H2,1H3. The minimum atomic E-state index is -0.288. The summed E-state index contributed by atoms with van der Waals surface area (Å²) in [6, 6.07) is 3.16. The number of nitrogens with zero attached hydrogens (tertiary/aromatic N) is 2. The first-order valence-corrected chi connectivity index (χ1v) is 6.22. The first kappa shape index (κ1) is 11.3. The molecule has 0 radical (unpaired) electrons. The first-order chi connectivity index (χ1) is 8.63. The fourth-order valence-electron chi connectivity index (χ4n) is 2.09. The number of hydrogen-bond donors (Lipinski definition) is 1. The second kappa shape index (κ2) is 4.12. The van der Waals surface area contributed by atoms with E-state index in [1.165, 1.54) is 18.9 Å². The maximum atomic E-state index is 13.9. The van der Waals surface area contributed by atoms with Gasteiger partial charge in [0.05, 0.1) is 6.20 Å². The summed E-state index contributed by atoms with van der Waals surface area (Å²) in [7, 11) is 0. The van der Waals surface area contributed by atoms with Gasteiger partial charge in [-0.25, -0.2) is 4.39 Å². The summed E-state index contributed by atoms with van der Waals surface area (Å²) in [4.78, 5) is 0. The smallest absolute Gasteiger partial charge is 0.133 e. The Morgan fingerprint density at radius 1 is 1.44 bits per heavy atom. The van der Waals surface area contributed by atoms with Gasteiger partial charge in [0.2, 0.25) is 0 Å². The van der Waals surface area contributed by atoms with Crippen molar-refractivity contribution in [3.63, 3.8) is 0 Å². The number of anilines is 1. The molecule has 0 unspecified atom stereocenters. The van der Waals surface area contributed by atoms with Crippen LogP contribution in [0.4, 0.5) is 10.1 Å². The third kappa shape index (κ3) is 2.10. The highest BCUT2D eigenvalue weighted by Crippen LogP contribution is 2.31. The largest absolute Gasteiger partial charge is 0.398 e. The molecule has 1 aliphatic carbocycles. The van der Waals surface area contributed by atoms with Crippen LogP contribution in [0.3, 0.4) is 0 Å². The summed E-state index contributed by atoms with van der Waals surface area (Å²) in [6.45, 7) is 2.82. The lowest BCUT2D eigenvalue weighted by atomic mass is 10.0. The van der Waals surface area contributed by atoms with Crippen molar-refractivity contribution in [2.24, 2.45) is 5.92 Å². The molecule has 0 spiro atoms. The molecule has 0 amide bonds. The summed E-state index contributed by atoms with van der Waals surface area (Å²) in [5, 5.41) is 4.28. The zero-order valence-corrected chi connectivity index (χ0v) is 10.4. The van der Waals surface area contributed by atoms with Crippen LogP contribution in [-0.2, 0) is 6.54 Å². The Kier molecular flexibility index (Phi) is 2.58. The quantitative estimate of drug-likeness (QED) is 0.845. The number of nitrogen functional groups attached to an aromatic ring is 1. The van der Waals surface area contributed by atoms with Gasteiger partial charge in [0, 0.05) is 29.6 Å². The van der Waals surface area contributed by atoms with E-state index in [0.717, 1.165) is 23.6 Å². The fraction of sp³-hybridized carbons (Fsp3) is 0.357. The molecule has 0 saturated heterocycles. The lowest BCUT2D eigenvalue weighted by Gasteiger charge is -2.05. The summed E-state index contributed by atoms with van der Waals surface area (Å²) in [5.41, 5.74) is 8.45. The van der Waals surface area contributed by atoms with Crippen LogP contribution in [0.5, 0.6) is 0 Å². The molecule has 0 bridgehead atoms. The molecular formula is C14H16FN3. The molecule has 1 saturated carbocycles. The van der Waals surface area contributed by atoms with Gasteiger partial charge in [-0.3, -0.25) is 4.68 Å². The van der Waals surface area contributed by atoms with Gasteiger partial charge in [-0.1, -0.05) is 0 Å². The van der Waals surface area contributed by atoms with E-state index < -0.39 is 0 Å². The van der Waals surface area contributed by atoms with Crippen molar-refractivity contribution in [3.8, 4) is 11.1 Å². The highest BCUT2D eigenvalue weighted by Gasteiger charge is 2.22. The number of rotatable bonds is 3. The minimum absolute atomic E-state index is 0.288. The number of aryl methyl sites for hydroxylation is 1. The van der Waals surface area contributed by atoms with Crippen molar-refractivity contribution in [3.05, 3.63) is 35.9 Å². The van der Waals surface area contributed by atoms with E-state index in [2.05, 4.69) is 5.10 Å². The van der Waals surface area contributed by atoms with Crippen LogP contribution in [0.25, 0.3) is 11.1 Å². The van der Waals surface area contributed by atoms with E-state index in [0.29, 0.717) is 11.3 Å². The molecule has 1 heterocycles. The van der Waals surface area contributed by atoms with E-state index >= 15 is 0 Å². The molecular weight excluding hydrogens is 229 g/mol. The van der Waals surface area contributed by atoms with Gasteiger partial charge in [-0.15, -0.1) is 0 Å². The molecule has 3 rings (SSSR count). The lowest BCUT2D eigenvalue weighted by Crippen LogP contribution is -1.99. The van der Waals surface area contributed by atoms with Gasteiger partial charge < -0.3 is 5.73 Å². The second-order valence-electron chi connectivity index (χ2n) is 5.08. The van der Waals surface area contributed by atoms with E-state index in [1.807, 2.05) is 17.8 Å². The lowest BCUT2D eigenvalue weighted by molar-refractivity contribution is 0.563. The van der Waals surface area contributed by atoms with E-state index in [9.17, 15) is 4.39 Å². The van der Waals surface area contributed by atoms with Gasteiger partial charge >= 0.3 is 0 Å². The van der Waals surface area contributed by atoms with Gasteiger partial charge in [0.25, 0.3) is 0 Å². The Morgan fingerprint density at radius 2 is 2.22 bits per heavy atom. The van der Waals surface area contributed by atoms with Crippen LogP contribution in [0, 0.1) is 18.7 Å². The number of aromatic nitrogens is 2. The van der Waals surface area contributed by atoms with E-state index in [1.54, 1.807) is 12.3 Å². The predicted molar refractivity (Wildman–Crippen MR) is 69.5 cm³/mol. The predicted octanol–water partition coefficient (Wildman–Crippen LogP) is 2.99. The van der Waals surface area contributed by atoms with Crippen LogP contribution < -0.4 is 5.73 Å². The first-order valence-electron chi connectivity index (χ1n) is 6.22. The third-order valence-corrected chi connectivity index (χ3v) is 3.44. The summed E-state index contributed by atoms with van der Waals surface area (Å²) in [5.74, 6) is 0.472. The van der Waals surface area contributed by atoms with Crippen molar-refractivity contribution in [1.82, 2.24) is 9.78 Å². The van der Waals surface area contributed by atoms with Crippen molar-refractivity contribution in [2.75, 3.05) is 5.73 Å². The number of benzene rings is 1. The Labute approximate surface area is 105 Å². The molecule has 2 aromatic rings. The average Bonchev–Trinajstić information content (AvgIpc) is 3.01. The fourth-order valence-corrected chi connectivity index (χ4v) is 2.09. The topological polar surface area (TPSA) is 43.8 Å². The summed E-state index contributed by atoms with van der Waals surface area (Å²) < 4.78 is 15.8. The molecule has 0 atom stereocenters. The number of halogens is 1. The highest BCUT2D eigenvalue weighted by atomic mass is 19.1. The second-order valence-corrected chi connectivity index (χ2v) is 5.08. The van der Waals surface area contributed by atoms with Gasteiger partial charge in [-0.2, -0.15) is 5.10 Å². The molecule has 2 N–H and O–H groups in total. The molecule has 18 heavy (non-hydrogen) atoms. The number of hydrogen-bond acceptors (Lipinski definition) is 2. The van der Waals surface area contributed by atoms with Crippen LogP contribution in [0.15, 0.2) is 24.5 Å². The average molecular weight is 245 g/mol. The monoisotopic (exact) mass is 245 g/mol. The molecule has 1 aliphatic rings. The van der Waals surface area contributed by atoms with Crippen LogP contribution in [0.1, 0.15) is 18.4 Å². The Bertz CT molecular complexity index is 585. The van der Waals surface area contributed by atoms with Crippen molar-refractivity contribution < 1.29 is 4.39 Å². The molecule has 1 aromatic carbocycles. The van der Waals surface area contributed by atoms with Gasteiger partial charge in [0.1, 0.15) is 5.82 Å². The van der Waals surface area contributed by atoms with Crippen LogP contribution in [-0.4, -0.2) is 9.78 Å². The van der Waals surface area contributed by atoms with Gasteiger partial charge in [0.15, 0.2) is 0 Å². The maximum Gasteiger partial charge on any atom is 0.133 e. The zero-order chi connectivity index (χ0) is 12.7. The maximum absolute atomic E-state index is 13.9. The third-order valence-electron chi connectivity index (χ3n) is 3.44. The Balaban J connectivity index is 1.93. The van der Waals surface area contributed by atoms with Crippen LogP contribution >= 0.6 is 0 Å².